The van der Waals surface area contributed by atoms with Crippen LogP contribution in [0, 0.1) is 0 Å². The summed E-state index contributed by atoms with van der Waals surface area (Å²) in [4.78, 5) is 27.2. The topological polar surface area (TPSA) is 135 Å². The molecule has 9 aromatic rings. The van der Waals surface area contributed by atoms with Gasteiger partial charge in [-0.05, 0) is 142 Å². The van der Waals surface area contributed by atoms with Gasteiger partial charge in [0.15, 0.2) is 0 Å². The van der Waals surface area contributed by atoms with Crippen LogP contribution in [0.5, 0.6) is 0 Å². The van der Waals surface area contributed by atoms with Crippen molar-refractivity contribution in [3.63, 3.8) is 0 Å². The maximum atomic E-state index is 6.02. The van der Waals surface area contributed by atoms with Crippen molar-refractivity contribution in [1.82, 2.24) is 29.9 Å². The van der Waals surface area contributed by atoms with E-state index in [9.17, 15) is 0 Å². The maximum absolute atomic E-state index is 6.02. The highest BCUT2D eigenvalue weighted by atomic mass is 14.8. The highest BCUT2D eigenvalue weighted by Gasteiger charge is 2.19. The zero-order valence-electron chi connectivity index (χ0n) is 33.4. The minimum Gasteiger partial charge on any atom is -0.399 e. The van der Waals surface area contributed by atoms with Crippen LogP contribution in [0.1, 0.15) is 22.8 Å². The van der Waals surface area contributed by atoms with Gasteiger partial charge in [0.25, 0.3) is 0 Å². The Morgan fingerprint density at radius 1 is 0.274 bits per heavy atom. The molecule has 0 radical (unpaired) electrons. The van der Waals surface area contributed by atoms with Crippen molar-refractivity contribution in [2.45, 2.75) is 0 Å². The number of hydrogen-bond donors (Lipinski definition) is 4. The molecule has 8 heteroatoms. The molecule has 2 aliphatic heterocycles. The summed E-state index contributed by atoms with van der Waals surface area (Å²) in [6.07, 6.45) is 15.7. The number of benzene rings is 4. The Kier molecular flexibility index (Phi) is 8.94. The van der Waals surface area contributed by atoms with Gasteiger partial charge >= 0.3 is 0 Å². The van der Waals surface area contributed by atoms with Crippen molar-refractivity contribution in [2.24, 2.45) is 0 Å². The zero-order valence-corrected chi connectivity index (χ0v) is 33.4. The van der Waals surface area contributed by atoms with E-state index in [0.29, 0.717) is 0 Å². The lowest BCUT2D eigenvalue weighted by atomic mass is 9.99. The number of pyridine rings is 2. The number of anilines is 2. The van der Waals surface area contributed by atoms with Crippen LogP contribution >= 0.6 is 0 Å². The molecule has 8 nitrogen and oxygen atoms in total. The second kappa shape index (κ2) is 15.2. The van der Waals surface area contributed by atoms with Gasteiger partial charge in [0.2, 0.25) is 0 Å². The first-order valence-corrected chi connectivity index (χ1v) is 20.4. The normalized spacial score (nSPS) is 11.9. The molecule has 0 aliphatic carbocycles. The number of hydrogen-bond acceptors (Lipinski definition) is 6. The Morgan fingerprint density at radius 2 is 0.516 bits per heavy atom. The van der Waals surface area contributed by atoms with Crippen molar-refractivity contribution >= 4 is 57.7 Å². The number of aromatic nitrogens is 6. The van der Waals surface area contributed by atoms with Gasteiger partial charge in [0, 0.05) is 80.5 Å². The quantitative estimate of drug-likeness (QED) is 0.124. The zero-order chi connectivity index (χ0) is 41.6. The van der Waals surface area contributed by atoms with Crippen molar-refractivity contribution in [1.29, 1.82) is 0 Å². The van der Waals surface area contributed by atoms with Crippen molar-refractivity contribution in [3.8, 4) is 66.8 Å². The number of nitrogens with two attached hydrogens (primary N) is 2. The van der Waals surface area contributed by atoms with Gasteiger partial charge < -0.3 is 21.4 Å². The fraction of sp³-hybridized carbons (Fsp3) is 0. The molecule has 7 heterocycles. The van der Waals surface area contributed by atoms with Gasteiger partial charge in [-0.2, -0.15) is 0 Å². The molecule has 6 N–H and O–H groups in total. The first kappa shape index (κ1) is 36.5. The lowest BCUT2D eigenvalue weighted by molar-refractivity contribution is 1.29. The fourth-order valence-electron chi connectivity index (χ4n) is 8.47. The Bertz CT molecular complexity index is 3140. The molecule has 62 heavy (non-hydrogen) atoms. The second-order valence-electron chi connectivity index (χ2n) is 15.4. The number of aromatic amines is 2. The lowest BCUT2D eigenvalue weighted by Crippen LogP contribution is -1.90. The van der Waals surface area contributed by atoms with Gasteiger partial charge in [-0.1, -0.05) is 72.8 Å². The molecular formula is C54H38N8. The minimum absolute atomic E-state index is 0.737. The Balaban J connectivity index is 1.22. The third-order valence-electron chi connectivity index (χ3n) is 11.5. The van der Waals surface area contributed by atoms with Crippen LogP contribution in [-0.2, 0) is 0 Å². The van der Waals surface area contributed by atoms with E-state index in [-0.39, 0.29) is 0 Å². The van der Waals surface area contributed by atoms with Crippen LogP contribution in [-0.4, -0.2) is 29.9 Å². The Morgan fingerprint density at radius 3 is 0.806 bits per heavy atom. The standard InChI is InChI=1S/C54H38N8/c55-41-13-9-35(10-14-41)33-1-5-37(6-2-33)51-43-17-18-44(59-43)52(38-7-3-34(4-8-38)36-11-15-42(56)16-12-36)46-20-22-48(61-46)54(40-27-31-58-32-28-40)50-24-23-49(62-50)53(39-25-29-57-30-26-39)47-21-19-45(51)60-47/h1-32,60-61H,55-56H2. The summed E-state index contributed by atoms with van der Waals surface area (Å²) in [5.74, 6) is 0. The molecule has 11 rings (SSSR count). The second-order valence-corrected chi connectivity index (χ2v) is 15.4. The Labute approximate surface area is 357 Å². The lowest BCUT2D eigenvalue weighted by Gasteiger charge is -2.08. The summed E-state index contributed by atoms with van der Waals surface area (Å²) in [7, 11) is 0. The monoisotopic (exact) mass is 798 g/mol. The van der Waals surface area contributed by atoms with Crippen molar-refractivity contribution < 1.29 is 0 Å². The summed E-state index contributed by atoms with van der Waals surface area (Å²) >= 11 is 0. The van der Waals surface area contributed by atoms with Crippen LogP contribution < -0.4 is 11.5 Å². The number of rotatable bonds is 6. The van der Waals surface area contributed by atoms with E-state index in [1.54, 1.807) is 0 Å². The van der Waals surface area contributed by atoms with Gasteiger partial charge in [0.05, 0.1) is 22.8 Å². The smallest absolute Gasteiger partial charge is 0.0737 e. The van der Waals surface area contributed by atoms with Crippen molar-refractivity contribution in [2.75, 3.05) is 11.5 Å². The largest absolute Gasteiger partial charge is 0.399 e. The minimum atomic E-state index is 0.737. The third-order valence-corrected chi connectivity index (χ3v) is 11.5. The van der Waals surface area contributed by atoms with Crippen LogP contribution in [0.25, 0.3) is 113 Å². The molecule has 0 unspecified atom stereocenters. The van der Waals surface area contributed by atoms with E-state index in [1.165, 1.54) is 0 Å². The average Bonchev–Trinajstić information content (AvgIpc) is 4.17. The molecule has 5 aromatic heterocycles. The van der Waals surface area contributed by atoms with Gasteiger partial charge in [-0.15, -0.1) is 0 Å². The fourth-order valence-corrected chi connectivity index (χ4v) is 8.47. The summed E-state index contributed by atoms with van der Waals surface area (Å²) in [5, 5.41) is 0. The predicted octanol–water partition coefficient (Wildman–Crippen LogP) is 12.6. The SMILES string of the molecule is Nc1ccc(-c2ccc(-c3c4nc(c(-c5ccc(-c6ccc(N)cc6)cc5)c5ccc([nH]5)c(-c5ccncc5)c5nc(c(-c6ccncc6)c6ccc3[nH]6)C=C5)C=C4)cc2)cc1. The number of nitrogen functional groups attached to an aromatic ring is 2. The molecule has 0 fully saturated rings. The molecule has 0 saturated heterocycles. The highest BCUT2D eigenvalue weighted by molar-refractivity contribution is 6.00. The highest BCUT2D eigenvalue weighted by Crippen LogP contribution is 2.39. The van der Waals surface area contributed by atoms with Crippen LogP contribution in [0.2, 0.25) is 0 Å². The molecule has 8 bridgehead atoms. The average molecular weight is 799 g/mol. The Hall–Kier alpha value is -8.62. The first-order chi connectivity index (χ1) is 30.5. The van der Waals surface area contributed by atoms with E-state index in [4.69, 9.17) is 21.4 Å². The first-order valence-electron chi connectivity index (χ1n) is 20.4. The van der Waals surface area contributed by atoms with E-state index in [2.05, 4.69) is 141 Å². The van der Waals surface area contributed by atoms with E-state index < -0.39 is 0 Å². The summed E-state index contributed by atoms with van der Waals surface area (Å²) in [6.45, 7) is 0. The predicted molar refractivity (Wildman–Crippen MR) is 256 cm³/mol. The number of nitrogens with one attached hydrogen (secondary N) is 2. The molecule has 0 atom stereocenters. The molecule has 294 valence electrons. The van der Waals surface area contributed by atoms with Crippen LogP contribution in [0.4, 0.5) is 11.4 Å². The van der Waals surface area contributed by atoms with E-state index >= 15 is 0 Å². The molecule has 4 aromatic carbocycles. The maximum Gasteiger partial charge on any atom is 0.0737 e. The van der Waals surface area contributed by atoms with Crippen LogP contribution in [0.15, 0.2) is 170 Å². The third kappa shape index (κ3) is 6.71. The number of nitrogens with zero attached hydrogens (tertiary/aromatic N) is 4. The summed E-state index contributed by atoms with van der Waals surface area (Å²) in [6, 6.07) is 49.9. The number of H-pyrrole nitrogens is 2. The van der Waals surface area contributed by atoms with Gasteiger partial charge in [-0.25, -0.2) is 9.97 Å². The molecule has 0 amide bonds. The molecule has 2 aliphatic rings. The molecular weight excluding hydrogens is 761 g/mol. The van der Waals surface area contributed by atoms with E-state index in [1.807, 2.05) is 73.3 Å². The van der Waals surface area contributed by atoms with Gasteiger partial charge in [0.1, 0.15) is 0 Å². The molecule has 0 spiro atoms. The van der Waals surface area contributed by atoms with Crippen LogP contribution in [0.3, 0.4) is 0 Å². The van der Waals surface area contributed by atoms with Gasteiger partial charge in [-0.3, -0.25) is 9.97 Å². The molecule has 0 saturated carbocycles. The summed E-state index contributed by atoms with van der Waals surface area (Å²) in [5.41, 5.74) is 32.9. The van der Waals surface area contributed by atoms with Crippen molar-refractivity contribution in [3.05, 3.63) is 193 Å². The number of fused-ring (bicyclic) bond motifs is 8. The van der Waals surface area contributed by atoms with E-state index in [0.717, 1.165) is 123 Å². The summed E-state index contributed by atoms with van der Waals surface area (Å²) < 4.78 is 0.